The largest absolute Gasteiger partial charge is 0.345 e. The van der Waals surface area contributed by atoms with E-state index in [-0.39, 0.29) is 5.56 Å². The second-order valence-corrected chi connectivity index (χ2v) is 7.32. The first-order valence-corrected chi connectivity index (χ1v) is 9.85. The molecule has 4 nitrogen and oxygen atoms in total. The van der Waals surface area contributed by atoms with Crippen molar-refractivity contribution in [1.82, 2.24) is 15.0 Å². The zero-order valence-corrected chi connectivity index (χ0v) is 16.3. The predicted octanol–water partition coefficient (Wildman–Crippen LogP) is 4.59. The van der Waals surface area contributed by atoms with Gasteiger partial charge >= 0.3 is 0 Å². The number of nitrogens with one attached hydrogen (secondary N) is 2. The van der Waals surface area contributed by atoms with E-state index in [0.29, 0.717) is 12.8 Å². The molecule has 2 N–H and O–H groups in total. The standard InChI is InChI=1S/C26H19N3O/c30-26-22(14-20-10-12-24-25(15-20)28-17-27-24)16-21-13-19(9-11-23(21)29-26)8-4-7-18-5-2-1-3-6-18/h1-3,5-6,9-13,15-17H,7,14H2,(H,27,28)(H,29,30). The van der Waals surface area contributed by atoms with E-state index in [2.05, 4.69) is 38.9 Å². The molecule has 3 aromatic carbocycles. The van der Waals surface area contributed by atoms with Gasteiger partial charge in [-0.3, -0.25) is 4.79 Å². The van der Waals surface area contributed by atoms with Crippen LogP contribution in [0.15, 0.2) is 83.9 Å². The number of pyridine rings is 1. The van der Waals surface area contributed by atoms with Crippen LogP contribution >= 0.6 is 0 Å². The fourth-order valence-electron chi connectivity index (χ4n) is 3.61. The molecule has 30 heavy (non-hydrogen) atoms. The first-order valence-electron chi connectivity index (χ1n) is 9.85. The number of hydrogen-bond donors (Lipinski definition) is 2. The molecule has 0 aliphatic carbocycles. The molecule has 0 aliphatic heterocycles. The zero-order valence-electron chi connectivity index (χ0n) is 16.3. The van der Waals surface area contributed by atoms with E-state index in [9.17, 15) is 4.79 Å². The summed E-state index contributed by atoms with van der Waals surface area (Å²) in [5, 5.41) is 0.983. The highest BCUT2D eigenvalue weighted by Gasteiger charge is 2.06. The topological polar surface area (TPSA) is 61.5 Å². The molecule has 0 atom stereocenters. The van der Waals surface area contributed by atoms with Gasteiger partial charge in [-0.05, 0) is 52.9 Å². The molecule has 0 unspecified atom stereocenters. The molecule has 5 rings (SSSR count). The minimum absolute atomic E-state index is 0.0625. The van der Waals surface area contributed by atoms with Crippen molar-refractivity contribution in [3.8, 4) is 11.8 Å². The number of fused-ring (bicyclic) bond motifs is 2. The highest BCUT2D eigenvalue weighted by Crippen LogP contribution is 2.17. The Morgan fingerprint density at radius 1 is 0.867 bits per heavy atom. The average molecular weight is 389 g/mol. The number of hydrogen-bond acceptors (Lipinski definition) is 2. The van der Waals surface area contributed by atoms with Crippen LogP contribution in [0, 0.1) is 11.8 Å². The van der Waals surface area contributed by atoms with Crippen LogP contribution in [0.25, 0.3) is 21.9 Å². The maximum Gasteiger partial charge on any atom is 0.251 e. The van der Waals surface area contributed by atoms with Crippen LogP contribution in [0.1, 0.15) is 22.3 Å². The predicted molar refractivity (Wildman–Crippen MR) is 120 cm³/mol. The average Bonchev–Trinajstić information content (AvgIpc) is 3.23. The summed E-state index contributed by atoms with van der Waals surface area (Å²) < 4.78 is 0. The minimum Gasteiger partial charge on any atom is -0.345 e. The van der Waals surface area contributed by atoms with Gasteiger partial charge in [-0.1, -0.05) is 48.2 Å². The van der Waals surface area contributed by atoms with E-state index >= 15 is 0 Å². The van der Waals surface area contributed by atoms with Crippen molar-refractivity contribution < 1.29 is 0 Å². The fraction of sp³-hybridized carbons (Fsp3) is 0.0769. The van der Waals surface area contributed by atoms with Crippen molar-refractivity contribution in [3.63, 3.8) is 0 Å². The third-order valence-electron chi connectivity index (χ3n) is 5.17. The number of rotatable bonds is 3. The van der Waals surface area contributed by atoms with E-state index in [1.54, 1.807) is 6.33 Å². The van der Waals surface area contributed by atoms with E-state index < -0.39 is 0 Å². The molecular formula is C26H19N3O. The number of aromatic amines is 2. The van der Waals surface area contributed by atoms with Crippen LogP contribution in [-0.2, 0) is 12.8 Å². The molecule has 2 aromatic heterocycles. The van der Waals surface area contributed by atoms with E-state index in [1.165, 1.54) is 5.56 Å². The zero-order chi connectivity index (χ0) is 20.3. The fourth-order valence-corrected chi connectivity index (χ4v) is 3.61. The van der Waals surface area contributed by atoms with Crippen LogP contribution in [-0.4, -0.2) is 15.0 Å². The molecule has 5 aromatic rings. The molecule has 0 spiro atoms. The lowest BCUT2D eigenvalue weighted by atomic mass is 10.0. The van der Waals surface area contributed by atoms with Crippen molar-refractivity contribution in [2.45, 2.75) is 12.8 Å². The Morgan fingerprint density at radius 2 is 1.73 bits per heavy atom. The van der Waals surface area contributed by atoms with Crippen LogP contribution in [0.3, 0.4) is 0 Å². The quantitative estimate of drug-likeness (QED) is 0.444. The van der Waals surface area contributed by atoms with Gasteiger partial charge in [-0.2, -0.15) is 0 Å². The Hall–Kier alpha value is -4.10. The van der Waals surface area contributed by atoms with Gasteiger partial charge in [0, 0.05) is 29.5 Å². The molecular weight excluding hydrogens is 370 g/mol. The second kappa shape index (κ2) is 7.73. The van der Waals surface area contributed by atoms with E-state index in [1.807, 2.05) is 60.7 Å². The van der Waals surface area contributed by atoms with Gasteiger partial charge in [0.05, 0.1) is 17.4 Å². The van der Waals surface area contributed by atoms with Crippen molar-refractivity contribution in [1.29, 1.82) is 0 Å². The van der Waals surface area contributed by atoms with Crippen LogP contribution in [0.4, 0.5) is 0 Å². The van der Waals surface area contributed by atoms with Crippen LogP contribution in [0.2, 0.25) is 0 Å². The summed E-state index contributed by atoms with van der Waals surface area (Å²) in [5.41, 5.74) is 6.57. The molecule has 0 bridgehead atoms. The Kier molecular flexibility index (Phi) is 4.63. The number of imidazole rings is 1. The second-order valence-electron chi connectivity index (χ2n) is 7.32. The highest BCUT2D eigenvalue weighted by atomic mass is 16.1. The van der Waals surface area contributed by atoms with Gasteiger partial charge in [0.25, 0.3) is 5.56 Å². The number of benzene rings is 3. The Balaban J connectivity index is 1.43. The summed E-state index contributed by atoms with van der Waals surface area (Å²) >= 11 is 0. The first kappa shape index (κ1) is 18.0. The van der Waals surface area contributed by atoms with Gasteiger partial charge in [-0.15, -0.1) is 0 Å². The number of aromatic nitrogens is 3. The summed E-state index contributed by atoms with van der Waals surface area (Å²) in [6.07, 6.45) is 2.95. The lowest BCUT2D eigenvalue weighted by molar-refractivity contribution is 1.12. The molecule has 0 saturated carbocycles. The van der Waals surface area contributed by atoms with E-state index in [4.69, 9.17) is 0 Å². The third-order valence-corrected chi connectivity index (χ3v) is 5.17. The lowest BCUT2D eigenvalue weighted by Crippen LogP contribution is -2.12. The van der Waals surface area contributed by atoms with Gasteiger partial charge in [0.2, 0.25) is 0 Å². The molecule has 0 amide bonds. The monoisotopic (exact) mass is 389 g/mol. The molecule has 0 fully saturated rings. The third kappa shape index (κ3) is 3.74. The molecule has 0 saturated heterocycles. The van der Waals surface area contributed by atoms with Crippen molar-refractivity contribution in [3.05, 3.63) is 112 Å². The maximum absolute atomic E-state index is 12.6. The minimum atomic E-state index is -0.0625. The van der Waals surface area contributed by atoms with Crippen LogP contribution < -0.4 is 5.56 Å². The van der Waals surface area contributed by atoms with Crippen molar-refractivity contribution in [2.24, 2.45) is 0 Å². The summed E-state index contributed by atoms with van der Waals surface area (Å²) in [7, 11) is 0. The number of nitrogens with zero attached hydrogens (tertiary/aromatic N) is 1. The first-order chi connectivity index (χ1) is 14.7. The lowest BCUT2D eigenvalue weighted by Gasteiger charge is -2.05. The highest BCUT2D eigenvalue weighted by molar-refractivity contribution is 5.81. The number of H-pyrrole nitrogens is 2. The molecule has 4 heteroatoms. The molecule has 144 valence electrons. The van der Waals surface area contributed by atoms with Gasteiger partial charge in [-0.25, -0.2) is 4.98 Å². The SMILES string of the molecule is O=c1[nH]c2ccc(C#CCc3ccccc3)cc2cc1Cc1ccc2[nH]cnc2c1. The smallest absolute Gasteiger partial charge is 0.251 e. The van der Waals surface area contributed by atoms with E-state index in [0.717, 1.165) is 38.6 Å². The van der Waals surface area contributed by atoms with Gasteiger partial charge in [0.1, 0.15) is 0 Å². The summed E-state index contributed by atoms with van der Waals surface area (Å²) in [4.78, 5) is 22.9. The molecule has 2 heterocycles. The van der Waals surface area contributed by atoms with Crippen LogP contribution in [0.5, 0.6) is 0 Å². The van der Waals surface area contributed by atoms with Gasteiger partial charge in [0.15, 0.2) is 0 Å². The maximum atomic E-state index is 12.6. The Morgan fingerprint density at radius 3 is 2.63 bits per heavy atom. The normalized spacial score (nSPS) is 10.8. The van der Waals surface area contributed by atoms with Crippen molar-refractivity contribution >= 4 is 21.9 Å². The molecule has 0 aliphatic rings. The summed E-state index contributed by atoms with van der Waals surface area (Å²) in [6.45, 7) is 0. The summed E-state index contributed by atoms with van der Waals surface area (Å²) in [6, 6.07) is 24.1. The van der Waals surface area contributed by atoms with Gasteiger partial charge < -0.3 is 9.97 Å². The van der Waals surface area contributed by atoms with Crippen molar-refractivity contribution in [2.75, 3.05) is 0 Å². The Bertz CT molecular complexity index is 1470. The Labute approximate surface area is 173 Å². The molecule has 0 radical (unpaired) electrons. The summed E-state index contributed by atoms with van der Waals surface area (Å²) in [5.74, 6) is 6.46.